The first-order valence-corrected chi connectivity index (χ1v) is 7.20. The normalized spacial score (nSPS) is 11.5. The zero-order chi connectivity index (χ0) is 16.3. The van der Waals surface area contributed by atoms with Gasteiger partial charge in [-0.05, 0) is 50.5 Å². The fourth-order valence-electron chi connectivity index (χ4n) is 2.60. The van der Waals surface area contributed by atoms with Crippen LogP contribution >= 0.6 is 0 Å². The summed E-state index contributed by atoms with van der Waals surface area (Å²) < 4.78 is 14.0. The molecule has 0 amide bonds. The Morgan fingerprint density at radius 2 is 1.91 bits per heavy atom. The zero-order valence-electron chi connectivity index (χ0n) is 13.6. The van der Waals surface area contributed by atoms with E-state index in [1.165, 1.54) is 6.07 Å². The summed E-state index contributed by atoms with van der Waals surface area (Å²) >= 11 is 0. The first kappa shape index (κ1) is 19.9. The van der Waals surface area contributed by atoms with E-state index in [2.05, 4.69) is 12.1 Å². The number of aromatic hydroxyl groups is 2. The van der Waals surface area contributed by atoms with Crippen LogP contribution in [-0.4, -0.2) is 10.2 Å². The molecule has 0 spiro atoms. The first-order chi connectivity index (χ1) is 10.4. The van der Waals surface area contributed by atoms with Gasteiger partial charge in [-0.3, -0.25) is 4.39 Å². The van der Waals surface area contributed by atoms with E-state index >= 15 is 0 Å². The second-order valence-corrected chi connectivity index (χ2v) is 5.78. The van der Waals surface area contributed by atoms with Crippen molar-refractivity contribution in [3.8, 4) is 11.5 Å². The predicted octanol–water partition coefficient (Wildman–Crippen LogP) is 4.64. The Hall–Kier alpha value is -1.19. The number of aryl methyl sites for hydroxylation is 1. The number of allylic oxidation sites excluding steroid dienone is 2. The average molecular weight is 388 g/mol. The number of halogens is 1. The van der Waals surface area contributed by atoms with Crippen molar-refractivity contribution in [2.75, 3.05) is 0 Å². The molecule has 1 unspecified atom stereocenters. The van der Waals surface area contributed by atoms with Crippen LogP contribution in [0.5, 0.6) is 11.5 Å². The average Bonchev–Trinajstić information content (AvgIpc) is 2.40. The van der Waals surface area contributed by atoms with Crippen LogP contribution in [0.3, 0.4) is 0 Å². The van der Waals surface area contributed by atoms with E-state index in [1.54, 1.807) is 12.1 Å². The number of phenols is 2. The van der Waals surface area contributed by atoms with Gasteiger partial charge in [0.2, 0.25) is 0 Å². The second kappa shape index (κ2) is 8.61. The van der Waals surface area contributed by atoms with Crippen molar-refractivity contribution in [2.45, 2.75) is 33.1 Å². The summed E-state index contributed by atoms with van der Waals surface area (Å²) in [4.78, 5) is 0. The fourth-order valence-corrected chi connectivity index (χ4v) is 2.60. The number of hydrogen-bond acceptors (Lipinski definition) is 2. The molecule has 2 N–H and O–H groups in total. The van der Waals surface area contributed by atoms with Crippen molar-refractivity contribution in [3.63, 3.8) is 0 Å². The van der Waals surface area contributed by atoms with E-state index < -0.39 is 5.82 Å². The molecule has 2 aromatic rings. The van der Waals surface area contributed by atoms with Crippen LogP contribution in [0.2, 0.25) is 0 Å². The Labute approximate surface area is 161 Å². The predicted molar refractivity (Wildman–Crippen MR) is 85.6 cm³/mol. The van der Waals surface area contributed by atoms with Gasteiger partial charge in [0.25, 0.3) is 0 Å². The third kappa shape index (κ3) is 5.44. The Bertz CT molecular complexity index is 707. The van der Waals surface area contributed by atoms with Crippen molar-refractivity contribution in [1.29, 1.82) is 0 Å². The van der Waals surface area contributed by atoms with Gasteiger partial charge in [-0.15, -0.1) is 11.6 Å². The third-order valence-corrected chi connectivity index (χ3v) is 3.57. The maximum atomic E-state index is 14.0. The van der Waals surface area contributed by atoms with E-state index in [9.17, 15) is 14.6 Å². The molecule has 0 aromatic heterocycles. The summed E-state index contributed by atoms with van der Waals surface area (Å²) in [5.41, 5.74) is 3.57. The molecule has 1 radical (unpaired) electrons. The van der Waals surface area contributed by atoms with E-state index in [4.69, 9.17) is 0 Å². The smallest absolute Gasteiger partial charge is 0.115 e. The maximum absolute atomic E-state index is 14.0. The molecule has 119 valence electrons. The first-order valence-electron chi connectivity index (χ1n) is 7.20. The molecule has 0 bridgehead atoms. The quantitative estimate of drug-likeness (QED) is 0.592. The van der Waals surface area contributed by atoms with E-state index in [-0.39, 0.29) is 50.1 Å². The van der Waals surface area contributed by atoms with Crippen LogP contribution in [0.4, 0.5) is 4.39 Å². The Balaban J connectivity index is 0.00000264. The van der Waals surface area contributed by atoms with Crippen LogP contribution < -0.4 is 0 Å². The zero-order valence-corrected chi connectivity index (χ0v) is 16.4. The van der Waals surface area contributed by atoms with Crippen LogP contribution in [0.25, 0.3) is 0 Å². The SMILES string of the molecule is CC(C)=CC(Cc1[c-]cc(O)cc1F)c1ccc(O)cc1C.[Y]. The van der Waals surface area contributed by atoms with Crippen molar-refractivity contribution in [2.24, 2.45) is 0 Å². The number of phenolic OH excluding ortho intramolecular Hbond substituents is 2. The molecule has 0 heterocycles. The Kier molecular flexibility index (Phi) is 7.43. The van der Waals surface area contributed by atoms with Gasteiger partial charge in [0, 0.05) is 50.2 Å². The maximum Gasteiger partial charge on any atom is 0.115 e. The molecule has 0 aliphatic carbocycles. The molecule has 2 aromatic carbocycles. The molecular formula is C19H20FO2Y-. The summed E-state index contributed by atoms with van der Waals surface area (Å²) in [5, 5.41) is 18.9. The van der Waals surface area contributed by atoms with Crippen LogP contribution in [0, 0.1) is 18.8 Å². The van der Waals surface area contributed by atoms with Crippen LogP contribution in [0.15, 0.2) is 42.0 Å². The minimum atomic E-state index is -0.455. The molecule has 23 heavy (non-hydrogen) atoms. The molecule has 0 saturated heterocycles. The molecular weight excluding hydrogens is 368 g/mol. The fraction of sp³-hybridized carbons (Fsp3) is 0.263. The molecule has 0 fully saturated rings. The van der Waals surface area contributed by atoms with Gasteiger partial charge in [0.1, 0.15) is 5.75 Å². The third-order valence-electron chi connectivity index (χ3n) is 3.57. The minimum Gasteiger partial charge on any atom is -0.566 e. The number of rotatable bonds is 4. The van der Waals surface area contributed by atoms with E-state index in [1.807, 2.05) is 26.8 Å². The molecule has 0 aliphatic heterocycles. The topological polar surface area (TPSA) is 40.5 Å². The molecule has 0 aliphatic rings. The standard InChI is InChI=1S/C19H20FO2.Y/c1-12(2)8-15(18-7-6-16(21)9-13(18)3)10-14-4-5-17(22)11-19(14)20;/h5-9,11,15,21-22H,10H2,1-3H3;/q-1;. The monoisotopic (exact) mass is 388 g/mol. The van der Waals surface area contributed by atoms with Gasteiger partial charge >= 0.3 is 0 Å². The number of benzene rings is 2. The van der Waals surface area contributed by atoms with Crippen molar-refractivity contribution in [1.82, 2.24) is 0 Å². The summed E-state index contributed by atoms with van der Waals surface area (Å²) in [7, 11) is 0. The van der Waals surface area contributed by atoms with E-state index in [0.717, 1.165) is 22.8 Å². The van der Waals surface area contributed by atoms with Gasteiger partial charge in [0.05, 0.1) is 0 Å². The van der Waals surface area contributed by atoms with Gasteiger partial charge in [-0.2, -0.15) is 6.07 Å². The molecule has 2 nitrogen and oxygen atoms in total. The van der Waals surface area contributed by atoms with Crippen molar-refractivity contribution >= 4 is 0 Å². The molecule has 1 atom stereocenters. The Morgan fingerprint density at radius 3 is 2.48 bits per heavy atom. The minimum absolute atomic E-state index is 0. The van der Waals surface area contributed by atoms with Crippen LogP contribution in [0.1, 0.15) is 36.5 Å². The molecule has 2 rings (SSSR count). The van der Waals surface area contributed by atoms with Gasteiger partial charge in [-0.25, -0.2) is 0 Å². The second-order valence-electron chi connectivity index (χ2n) is 5.78. The van der Waals surface area contributed by atoms with Gasteiger partial charge in [0.15, 0.2) is 0 Å². The summed E-state index contributed by atoms with van der Waals surface area (Å²) in [6.45, 7) is 5.93. The summed E-state index contributed by atoms with van der Waals surface area (Å²) in [6.07, 6.45) is 2.53. The summed E-state index contributed by atoms with van der Waals surface area (Å²) in [5.74, 6) is -0.370. The summed E-state index contributed by atoms with van der Waals surface area (Å²) in [6, 6.07) is 10.5. The molecule has 4 heteroatoms. The largest absolute Gasteiger partial charge is 0.566 e. The number of hydrogen-bond donors (Lipinski definition) is 2. The van der Waals surface area contributed by atoms with Crippen molar-refractivity contribution < 1.29 is 47.3 Å². The van der Waals surface area contributed by atoms with Gasteiger partial charge < -0.3 is 10.2 Å². The van der Waals surface area contributed by atoms with Crippen molar-refractivity contribution in [3.05, 3.63) is 70.6 Å². The Morgan fingerprint density at radius 1 is 1.22 bits per heavy atom. The van der Waals surface area contributed by atoms with Crippen LogP contribution in [-0.2, 0) is 39.1 Å². The van der Waals surface area contributed by atoms with Gasteiger partial charge in [-0.1, -0.05) is 23.8 Å². The van der Waals surface area contributed by atoms with E-state index in [0.29, 0.717) is 12.0 Å². The molecule has 0 saturated carbocycles.